The van der Waals surface area contributed by atoms with Crippen LogP contribution in [-0.4, -0.2) is 26.4 Å². The van der Waals surface area contributed by atoms with Crippen LogP contribution in [0.25, 0.3) is 0 Å². The highest BCUT2D eigenvalue weighted by molar-refractivity contribution is 5.33. The Morgan fingerprint density at radius 2 is 1.75 bits per heavy atom. The Kier molecular flexibility index (Phi) is 4.46. The summed E-state index contributed by atoms with van der Waals surface area (Å²) in [4.78, 5) is 0. The van der Waals surface area contributed by atoms with Crippen molar-refractivity contribution in [2.45, 2.75) is 38.2 Å². The van der Waals surface area contributed by atoms with Gasteiger partial charge in [0, 0.05) is 13.2 Å². The lowest BCUT2D eigenvalue weighted by atomic mass is 9.87. The van der Waals surface area contributed by atoms with E-state index in [2.05, 4.69) is 0 Å². The van der Waals surface area contributed by atoms with Crippen LogP contribution in [0.1, 0.15) is 32.1 Å². The van der Waals surface area contributed by atoms with Gasteiger partial charge in [-0.3, -0.25) is 0 Å². The molecule has 2 aliphatic rings. The lowest BCUT2D eigenvalue weighted by Crippen LogP contribution is -2.26. The molecule has 2 bridgehead atoms. The molecule has 2 aliphatic carbocycles. The topological polar surface area (TPSA) is 27.7 Å². The van der Waals surface area contributed by atoms with Crippen molar-refractivity contribution in [3.8, 4) is 11.5 Å². The van der Waals surface area contributed by atoms with Gasteiger partial charge in [-0.2, -0.15) is 0 Å². The molecule has 3 rings (SSSR count). The summed E-state index contributed by atoms with van der Waals surface area (Å²) in [6.45, 7) is 1.19. The zero-order valence-electron chi connectivity index (χ0n) is 12.2. The van der Waals surface area contributed by atoms with Crippen LogP contribution in [0.15, 0.2) is 24.3 Å². The SMILES string of the molecule is COCCOc1cccc(O[C@@H]2C[C@@H]3CC[C@@H](C3)C2)c1. The first kappa shape index (κ1) is 13.7. The van der Waals surface area contributed by atoms with Crippen molar-refractivity contribution in [2.24, 2.45) is 11.8 Å². The third-order valence-corrected chi connectivity index (χ3v) is 4.51. The first-order valence-corrected chi connectivity index (χ1v) is 7.72. The van der Waals surface area contributed by atoms with E-state index >= 15 is 0 Å². The second-order valence-electron chi connectivity index (χ2n) is 6.07. The molecule has 3 nitrogen and oxygen atoms in total. The van der Waals surface area contributed by atoms with Gasteiger partial charge in [-0.05, 0) is 43.2 Å². The molecule has 0 amide bonds. The molecule has 0 radical (unpaired) electrons. The molecule has 2 fully saturated rings. The van der Waals surface area contributed by atoms with E-state index in [1.165, 1.54) is 32.1 Å². The van der Waals surface area contributed by atoms with E-state index in [9.17, 15) is 0 Å². The van der Waals surface area contributed by atoms with Crippen LogP contribution in [0.2, 0.25) is 0 Å². The number of ether oxygens (including phenoxy) is 3. The van der Waals surface area contributed by atoms with Crippen LogP contribution in [0.5, 0.6) is 11.5 Å². The Bertz CT molecular complexity index is 420. The highest BCUT2D eigenvalue weighted by Crippen LogP contribution is 2.43. The van der Waals surface area contributed by atoms with Crippen LogP contribution in [-0.2, 0) is 4.74 Å². The van der Waals surface area contributed by atoms with Gasteiger partial charge in [-0.15, -0.1) is 0 Å². The zero-order chi connectivity index (χ0) is 13.8. The molecule has 3 heteroatoms. The summed E-state index contributed by atoms with van der Waals surface area (Å²) in [5, 5.41) is 0. The second kappa shape index (κ2) is 6.49. The van der Waals surface area contributed by atoms with Crippen molar-refractivity contribution >= 4 is 0 Å². The Labute approximate surface area is 121 Å². The first-order valence-electron chi connectivity index (χ1n) is 7.72. The summed E-state index contributed by atoms with van der Waals surface area (Å²) in [5.41, 5.74) is 0. The Morgan fingerprint density at radius 1 is 1.00 bits per heavy atom. The van der Waals surface area contributed by atoms with Crippen molar-refractivity contribution in [3.63, 3.8) is 0 Å². The summed E-state index contributed by atoms with van der Waals surface area (Å²) in [6.07, 6.45) is 7.10. The summed E-state index contributed by atoms with van der Waals surface area (Å²) in [5.74, 6) is 3.60. The Balaban J connectivity index is 1.55. The minimum Gasteiger partial charge on any atom is -0.491 e. The van der Waals surface area contributed by atoms with Gasteiger partial charge in [-0.25, -0.2) is 0 Å². The minimum atomic E-state index is 0.399. The Morgan fingerprint density at radius 3 is 2.50 bits per heavy atom. The van der Waals surface area contributed by atoms with Crippen LogP contribution in [0.4, 0.5) is 0 Å². The minimum absolute atomic E-state index is 0.399. The van der Waals surface area contributed by atoms with Crippen molar-refractivity contribution < 1.29 is 14.2 Å². The number of fused-ring (bicyclic) bond motifs is 2. The summed E-state index contributed by atoms with van der Waals surface area (Å²) in [6, 6.07) is 7.98. The molecular formula is C17H24O3. The van der Waals surface area contributed by atoms with E-state index in [1.807, 2.05) is 24.3 Å². The van der Waals surface area contributed by atoms with Crippen molar-refractivity contribution in [2.75, 3.05) is 20.3 Å². The van der Waals surface area contributed by atoms with Gasteiger partial charge in [0.1, 0.15) is 18.1 Å². The fourth-order valence-corrected chi connectivity index (χ4v) is 3.62. The molecule has 20 heavy (non-hydrogen) atoms. The lowest BCUT2D eigenvalue weighted by Gasteiger charge is -2.28. The standard InChI is InChI=1S/C17H24O3/c1-18-7-8-19-15-3-2-4-16(12-15)20-17-10-13-5-6-14(9-13)11-17/h2-4,12-14,17H,5-11H2,1H3/t13-,14+,17-. The predicted octanol–water partition coefficient (Wildman–Crippen LogP) is 3.67. The van der Waals surface area contributed by atoms with E-state index in [0.717, 1.165) is 23.3 Å². The molecule has 110 valence electrons. The largest absolute Gasteiger partial charge is 0.491 e. The van der Waals surface area contributed by atoms with E-state index in [4.69, 9.17) is 14.2 Å². The van der Waals surface area contributed by atoms with Gasteiger partial charge in [0.15, 0.2) is 0 Å². The molecule has 0 spiro atoms. The summed E-state index contributed by atoms with van der Waals surface area (Å²) >= 11 is 0. The normalized spacial score (nSPS) is 28.4. The van der Waals surface area contributed by atoms with E-state index in [0.29, 0.717) is 19.3 Å². The van der Waals surface area contributed by atoms with Crippen molar-refractivity contribution in [3.05, 3.63) is 24.3 Å². The molecule has 0 saturated heterocycles. The number of hydrogen-bond donors (Lipinski definition) is 0. The first-order chi connectivity index (χ1) is 9.83. The van der Waals surface area contributed by atoms with Crippen LogP contribution in [0, 0.1) is 11.8 Å². The quantitative estimate of drug-likeness (QED) is 0.742. The van der Waals surface area contributed by atoms with Gasteiger partial charge in [-0.1, -0.05) is 18.9 Å². The van der Waals surface area contributed by atoms with Crippen LogP contribution in [0.3, 0.4) is 0 Å². The van der Waals surface area contributed by atoms with Crippen molar-refractivity contribution in [1.29, 1.82) is 0 Å². The molecule has 0 aliphatic heterocycles. The molecule has 1 aromatic carbocycles. The number of hydrogen-bond acceptors (Lipinski definition) is 3. The second-order valence-corrected chi connectivity index (χ2v) is 6.07. The maximum absolute atomic E-state index is 6.17. The maximum atomic E-state index is 6.17. The third-order valence-electron chi connectivity index (χ3n) is 4.51. The fourth-order valence-electron chi connectivity index (χ4n) is 3.62. The molecule has 2 saturated carbocycles. The molecule has 0 N–H and O–H groups in total. The van der Waals surface area contributed by atoms with Gasteiger partial charge in [0.05, 0.1) is 12.7 Å². The van der Waals surface area contributed by atoms with E-state index in [-0.39, 0.29) is 0 Å². The van der Waals surface area contributed by atoms with Gasteiger partial charge >= 0.3 is 0 Å². The highest BCUT2D eigenvalue weighted by atomic mass is 16.5. The number of methoxy groups -OCH3 is 1. The van der Waals surface area contributed by atoms with Crippen LogP contribution < -0.4 is 9.47 Å². The lowest BCUT2D eigenvalue weighted by molar-refractivity contribution is 0.117. The molecule has 0 unspecified atom stereocenters. The number of benzene rings is 1. The fraction of sp³-hybridized carbons (Fsp3) is 0.647. The highest BCUT2D eigenvalue weighted by Gasteiger charge is 2.35. The molecule has 0 aromatic heterocycles. The van der Waals surface area contributed by atoms with E-state index in [1.54, 1.807) is 7.11 Å². The maximum Gasteiger partial charge on any atom is 0.123 e. The smallest absolute Gasteiger partial charge is 0.123 e. The summed E-state index contributed by atoms with van der Waals surface area (Å²) < 4.78 is 16.8. The van der Waals surface area contributed by atoms with Gasteiger partial charge in [0.25, 0.3) is 0 Å². The van der Waals surface area contributed by atoms with E-state index < -0.39 is 0 Å². The van der Waals surface area contributed by atoms with Gasteiger partial charge in [0.2, 0.25) is 0 Å². The average Bonchev–Trinajstić information content (AvgIpc) is 2.79. The predicted molar refractivity (Wildman–Crippen MR) is 78.3 cm³/mol. The van der Waals surface area contributed by atoms with Crippen molar-refractivity contribution in [1.82, 2.24) is 0 Å². The Hall–Kier alpha value is -1.22. The van der Waals surface area contributed by atoms with Gasteiger partial charge < -0.3 is 14.2 Å². The number of rotatable bonds is 6. The van der Waals surface area contributed by atoms with Crippen LogP contribution >= 0.6 is 0 Å². The molecular weight excluding hydrogens is 252 g/mol. The zero-order valence-corrected chi connectivity index (χ0v) is 12.2. The molecule has 1 aromatic rings. The monoisotopic (exact) mass is 276 g/mol. The molecule has 3 atom stereocenters. The third kappa shape index (κ3) is 3.45. The molecule has 0 heterocycles. The average molecular weight is 276 g/mol. The summed E-state index contributed by atoms with van der Waals surface area (Å²) in [7, 11) is 1.68.